The molecule has 0 radical (unpaired) electrons. The maximum atomic E-state index is 12.2. The van der Waals surface area contributed by atoms with Gasteiger partial charge < -0.3 is 15.1 Å². The van der Waals surface area contributed by atoms with E-state index in [4.69, 9.17) is 10.4 Å². The number of hydrogen-bond donors (Lipinski definition) is 1. The normalized spacial score (nSPS) is 12.7. The molecule has 1 atom stereocenters. The Bertz CT molecular complexity index is 897. The molecule has 0 spiro atoms. The predicted molar refractivity (Wildman–Crippen MR) is 94.9 cm³/mol. The maximum Gasteiger partial charge on any atom is 0.387 e. The molecule has 3 rings (SSSR count). The molecule has 0 aliphatic rings. The third kappa shape index (κ3) is 4.35. The van der Waals surface area contributed by atoms with Gasteiger partial charge in [-0.2, -0.15) is 13.8 Å². The van der Waals surface area contributed by atoms with Crippen LogP contribution in [0.4, 0.5) is 8.78 Å². The number of hydrogen-bond acceptors (Lipinski definition) is 8. The molecule has 144 valence electrons. The van der Waals surface area contributed by atoms with Crippen molar-refractivity contribution in [1.82, 2.24) is 25.0 Å². The summed E-state index contributed by atoms with van der Waals surface area (Å²) < 4.78 is 35.4. The fourth-order valence-electron chi connectivity index (χ4n) is 2.20. The van der Waals surface area contributed by atoms with E-state index in [9.17, 15) is 8.78 Å². The van der Waals surface area contributed by atoms with Crippen LogP contribution in [0.2, 0.25) is 0 Å². The molecule has 0 fully saturated rings. The number of thioether (sulfide) groups is 1. The lowest BCUT2D eigenvalue weighted by atomic mass is 10.2. The smallest absolute Gasteiger partial charge is 0.387 e. The molecule has 27 heavy (non-hydrogen) atoms. The van der Waals surface area contributed by atoms with E-state index in [1.807, 2.05) is 20.8 Å². The van der Waals surface area contributed by atoms with Crippen LogP contribution in [0.1, 0.15) is 43.7 Å². The van der Waals surface area contributed by atoms with Gasteiger partial charge in [0.1, 0.15) is 5.75 Å². The van der Waals surface area contributed by atoms with E-state index < -0.39 is 6.61 Å². The summed E-state index contributed by atoms with van der Waals surface area (Å²) in [6.45, 7) is 2.98. The molecule has 11 heteroatoms. The second-order valence-corrected chi connectivity index (χ2v) is 7.29. The zero-order valence-electron chi connectivity index (χ0n) is 14.8. The largest absolute Gasteiger partial charge is 0.435 e. The summed E-state index contributed by atoms with van der Waals surface area (Å²) >= 11 is 1.32. The predicted octanol–water partition coefficient (Wildman–Crippen LogP) is 3.62. The van der Waals surface area contributed by atoms with Gasteiger partial charge in [-0.05, 0) is 31.2 Å². The minimum Gasteiger partial charge on any atom is -0.435 e. The van der Waals surface area contributed by atoms with Crippen LogP contribution >= 0.6 is 11.8 Å². The second kappa shape index (κ2) is 7.91. The minimum absolute atomic E-state index is 0.0532. The molecule has 2 aromatic heterocycles. The van der Waals surface area contributed by atoms with Crippen LogP contribution in [0.25, 0.3) is 11.4 Å². The number of rotatable bonds is 7. The second-order valence-electron chi connectivity index (χ2n) is 5.98. The Morgan fingerprint density at radius 2 is 1.85 bits per heavy atom. The molecule has 8 nitrogen and oxygen atoms in total. The van der Waals surface area contributed by atoms with Crippen LogP contribution in [-0.2, 0) is 0 Å². The number of nitrogen functional groups attached to an aromatic ring is 1. The van der Waals surface area contributed by atoms with Crippen LogP contribution in [-0.4, -0.2) is 31.6 Å². The quantitative estimate of drug-likeness (QED) is 0.477. The highest BCUT2D eigenvalue weighted by molar-refractivity contribution is 7.99. The molecule has 0 aliphatic heterocycles. The molecule has 0 saturated carbocycles. The Hall–Kier alpha value is -2.69. The van der Waals surface area contributed by atoms with E-state index in [1.165, 1.54) is 28.6 Å². The molecule has 1 aromatic carbocycles. The van der Waals surface area contributed by atoms with Crippen LogP contribution in [0.15, 0.2) is 33.9 Å². The van der Waals surface area contributed by atoms with E-state index in [0.29, 0.717) is 28.3 Å². The molecule has 0 amide bonds. The van der Waals surface area contributed by atoms with Crippen molar-refractivity contribution < 1.29 is 18.0 Å². The van der Waals surface area contributed by atoms with Crippen LogP contribution in [0.5, 0.6) is 5.75 Å². The number of alkyl halides is 2. The van der Waals surface area contributed by atoms with Crippen molar-refractivity contribution in [1.29, 1.82) is 0 Å². The minimum atomic E-state index is -2.88. The van der Waals surface area contributed by atoms with E-state index in [2.05, 4.69) is 25.1 Å². The number of nitrogens with zero attached hydrogens (tertiary/aromatic N) is 5. The molecule has 0 bridgehead atoms. The Labute approximate surface area is 158 Å². The van der Waals surface area contributed by atoms with Gasteiger partial charge in [0.2, 0.25) is 11.0 Å². The zero-order chi connectivity index (χ0) is 19.6. The first-order valence-electron chi connectivity index (χ1n) is 8.11. The van der Waals surface area contributed by atoms with Gasteiger partial charge >= 0.3 is 6.61 Å². The van der Waals surface area contributed by atoms with E-state index >= 15 is 0 Å². The van der Waals surface area contributed by atoms with Gasteiger partial charge in [-0.25, -0.2) is 4.68 Å². The molecule has 1 unspecified atom stereocenters. The number of ether oxygens (including phenoxy) is 1. The van der Waals surface area contributed by atoms with Gasteiger partial charge in [0, 0.05) is 11.5 Å². The van der Waals surface area contributed by atoms with Crippen molar-refractivity contribution in [2.75, 3.05) is 5.84 Å². The highest BCUT2D eigenvalue weighted by atomic mass is 32.2. The van der Waals surface area contributed by atoms with Gasteiger partial charge in [0.25, 0.3) is 0 Å². The molecular formula is C16H18F2N6O2S. The molecule has 3 aromatic rings. The first kappa shape index (κ1) is 19.1. The molecule has 2 N–H and O–H groups in total. The van der Waals surface area contributed by atoms with Gasteiger partial charge in [0.05, 0.1) is 5.25 Å². The van der Waals surface area contributed by atoms with E-state index in [0.717, 1.165) is 0 Å². The summed E-state index contributed by atoms with van der Waals surface area (Å²) in [7, 11) is 0. The zero-order valence-corrected chi connectivity index (χ0v) is 15.7. The van der Waals surface area contributed by atoms with Crippen molar-refractivity contribution in [3.63, 3.8) is 0 Å². The monoisotopic (exact) mass is 396 g/mol. The lowest BCUT2D eigenvalue weighted by molar-refractivity contribution is -0.0498. The summed E-state index contributed by atoms with van der Waals surface area (Å²) in [6, 6.07) is 5.99. The number of halogens is 2. The SMILES string of the molecule is CC(C)c1noc(C(C)Sc2nnc(-c3ccc(OC(F)F)cc3)n2N)n1. The average Bonchev–Trinajstić information content (AvgIpc) is 3.24. The standard InChI is InChI=1S/C16H18F2N6O2S/c1-8(2)12-20-14(26-23-12)9(3)27-16-22-21-13(24(16)19)10-4-6-11(7-5-10)25-15(17)18/h4-9,15H,19H2,1-3H3. The summed E-state index contributed by atoms with van der Waals surface area (Å²) in [6.07, 6.45) is 0. The van der Waals surface area contributed by atoms with Crippen LogP contribution in [0, 0.1) is 0 Å². The lowest BCUT2D eigenvalue weighted by Gasteiger charge is -2.07. The van der Waals surface area contributed by atoms with Gasteiger partial charge in [-0.1, -0.05) is 30.8 Å². The third-order valence-electron chi connectivity index (χ3n) is 3.61. The topological polar surface area (TPSA) is 105 Å². The Balaban J connectivity index is 1.74. The van der Waals surface area contributed by atoms with Crippen molar-refractivity contribution >= 4 is 11.8 Å². The number of benzene rings is 1. The third-order valence-corrected chi connectivity index (χ3v) is 4.65. The van der Waals surface area contributed by atoms with Crippen molar-refractivity contribution in [3.8, 4) is 17.1 Å². The summed E-state index contributed by atoms with van der Waals surface area (Å²) in [4.78, 5) is 4.36. The molecule has 0 aliphatic carbocycles. The van der Waals surface area contributed by atoms with E-state index in [-0.39, 0.29) is 16.9 Å². The Morgan fingerprint density at radius 3 is 2.44 bits per heavy atom. The summed E-state index contributed by atoms with van der Waals surface area (Å²) in [5.74, 6) is 7.81. The molecule has 2 heterocycles. The van der Waals surface area contributed by atoms with E-state index in [1.54, 1.807) is 12.1 Å². The van der Waals surface area contributed by atoms with Crippen molar-refractivity contribution in [3.05, 3.63) is 36.0 Å². The first-order chi connectivity index (χ1) is 12.8. The highest BCUT2D eigenvalue weighted by Crippen LogP contribution is 2.34. The Morgan fingerprint density at radius 1 is 1.15 bits per heavy atom. The van der Waals surface area contributed by atoms with Crippen molar-refractivity contribution in [2.24, 2.45) is 0 Å². The first-order valence-corrected chi connectivity index (χ1v) is 8.99. The fourth-order valence-corrected chi connectivity index (χ4v) is 3.00. The number of aromatic nitrogens is 5. The van der Waals surface area contributed by atoms with Crippen molar-refractivity contribution in [2.45, 2.75) is 43.7 Å². The van der Waals surface area contributed by atoms with Gasteiger partial charge in [0.15, 0.2) is 11.6 Å². The summed E-state index contributed by atoms with van der Waals surface area (Å²) in [5.41, 5.74) is 0.617. The van der Waals surface area contributed by atoms with Gasteiger partial charge in [-0.15, -0.1) is 10.2 Å². The van der Waals surface area contributed by atoms with Gasteiger partial charge in [-0.3, -0.25) is 0 Å². The summed E-state index contributed by atoms with van der Waals surface area (Å²) in [5, 5.41) is 12.4. The highest BCUT2D eigenvalue weighted by Gasteiger charge is 2.21. The fraction of sp³-hybridized carbons (Fsp3) is 0.375. The number of nitrogens with two attached hydrogens (primary N) is 1. The lowest BCUT2D eigenvalue weighted by Crippen LogP contribution is -2.12. The Kier molecular flexibility index (Phi) is 5.59. The van der Waals surface area contributed by atoms with Crippen LogP contribution in [0.3, 0.4) is 0 Å². The maximum absolute atomic E-state index is 12.2. The average molecular weight is 396 g/mol. The molecule has 0 saturated heterocycles. The molecular weight excluding hydrogens is 378 g/mol. The van der Waals surface area contributed by atoms with Crippen LogP contribution < -0.4 is 10.6 Å².